The number of hydrogen-bond donors (Lipinski definition) is 1. The number of nitrogens with one attached hydrogen (secondary N) is 1. The molecule has 3 rings (SSSR count). The van der Waals surface area contributed by atoms with Gasteiger partial charge in [0.25, 0.3) is 5.91 Å². The summed E-state index contributed by atoms with van der Waals surface area (Å²) in [4.78, 5) is 21.5. The topological polar surface area (TPSA) is 48.5 Å². The smallest absolute Gasteiger partial charge is 0.254 e. The summed E-state index contributed by atoms with van der Waals surface area (Å²) in [7, 11) is 2.09. The van der Waals surface area contributed by atoms with Crippen LogP contribution in [0.2, 0.25) is 0 Å². The number of carbonyl (C=O) groups excluding carboxylic acids is 1. The molecule has 2 aromatic rings. The Kier molecular flexibility index (Phi) is 5.89. The predicted molar refractivity (Wildman–Crippen MR) is 105 cm³/mol. The third-order valence-corrected chi connectivity index (χ3v) is 4.77. The van der Waals surface area contributed by atoms with Gasteiger partial charge in [0.15, 0.2) is 0 Å². The van der Waals surface area contributed by atoms with Crippen molar-refractivity contribution in [1.29, 1.82) is 0 Å². The van der Waals surface area contributed by atoms with Gasteiger partial charge in [-0.3, -0.25) is 9.78 Å². The molecule has 2 heterocycles. The summed E-state index contributed by atoms with van der Waals surface area (Å²) in [6, 6.07) is 11.9. The Labute approximate surface area is 156 Å². The lowest BCUT2D eigenvalue weighted by atomic mass is 10.0. The molecule has 0 radical (unpaired) electrons. The van der Waals surface area contributed by atoms with Gasteiger partial charge in [-0.25, -0.2) is 0 Å². The molecule has 138 valence electrons. The Morgan fingerprint density at radius 2 is 2.08 bits per heavy atom. The van der Waals surface area contributed by atoms with Crippen molar-refractivity contribution in [3.63, 3.8) is 0 Å². The second kappa shape index (κ2) is 8.32. The van der Waals surface area contributed by atoms with E-state index in [2.05, 4.69) is 36.1 Å². The lowest BCUT2D eigenvalue weighted by molar-refractivity contribution is 0.0634. The average molecular weight is 352 g/mol. The van der Waals surface area contributed by atoms with Crippen molar-refractivity contribution in [2.24, 2.45) is 5.92 Å². The first-order valence-corrected chi connectivity index (χ1v) is 9.29. The van der Waals surface area contributed by atoms with Crippen LogP contribution in [0.1, 0.15) is 35.8 Å². The molecule has 0 bridgehead atoms. The number of anilines is 1. The molecule has 1 saturated heterocycles. The van der Waals surface area contributed by atoms with Crippen molar-refractivity contribution in [3.05, 3.63) is 59.9 Å². The fourth-order valence-corrected chi connectivity index (χ4v) is 3.50. The zero-order chi connectivity index (χ0) is 18.5. The fourth-order valence-electron chi connectivity index (χ4n) is 3.50. The number of rotatable bonds is 5. The van der Waals surface area contributed by atoms with E-state index < -0.39 is 0 Å². The highest BCUT2D eigenvalue weighted by Crippen LogP contribution is 2.24. The molecule has 1 aliphatic heterocycles. The van der Waals surface area contributed by atoms with E-state index in [4.69, 9.17) is 0 Å². The van der Waals surface area contributed by atoms with Gasteiger partial charge in [-0.2, -0.15) is 0 Å². The molecule has 0 aliphatic carbocycles. The van der Waals surface area contributed by atoms with Crippen LogP contribution in [0.25, 0.3) is 0 Å². The Morgan fingerprint density at radius 3 is 2.73 bits per heavy atom. The molecule has 1 N–H and O–H groups in total. The number of aromatic nitrogens is 1. The van der Waals surface area contributed by atoms with Crippen LogP contribution in [0.5, 0.6) is 0 Å². The van der Waals surface area contributed by atoms with E-state index in [0.717, 1.165) is 36.4 Å². The number of carbonyl (C=O) groups is 1. The molecular formula is C21H28N4O. The number of benzene rings is 1. The SMILES string of the molecule is CC(C)CN(C)c1ccc(C(=O)N2CCNCC2c2cccnc2)cc1. The number of hydrogen-bond acceptors (Lipinski definition) is 4. The van der Waals surface area contributed by atoms with Crippen molar-refractivity contribution in [1.82, 2.24) is 15.2 Å². The summed E-state index contributed by atoms with van der Waals surface area (Å²) in [5.74, 6) is 0.681. The van der Waals surface area contributed by atoms with E-state index in [0.29, 0.717) is 12.5 Å². The van der Waals surface area contributed by atoms with E-state index in [1.165, 1.54) is 0 Å². The summed E-state index contributed by atoms with van der Waals surface area (Å²) in [5, 5.41) is 3.38. The van der Waals surface area contributed by atoms with E-state index >= 15 is 0 Å². The second-order valence-corrected chi connectivity index (χ2v) is 7.33. The standard InChI is InChI=1S/C21H28N4O/c1-16(2)15-24(3)19-8-6-17(7-9-19)21(26)25-12-11-23-14-20(25)18-5-4-10-22-13-18/h4-10,13,16,20,23H,11-12,14-15H2,1-3H3. The van der Waals surface area contributed by atoms with Gasteiger partial charge >= 0.3 is 0 Å². The van der Waals surface area contributed by atoms with Gasteiger partial charge in [-0.05, 0) is 41.8 Å². The Hall–Kier alpha value is -2.40. The van der Waals surface area contributed by atoms with E-state index in [1.54, 1.807) is 6.20 Å². The first-order valence-electron chi connectivity index (χ1n) is 9.29. The zero-order valence-electron chi connectivity index (χ0n) is 15.9. The minimum absolute atomic E-state index is 0.0215. The summed E-state index contributed by atoms with van der Waals surface area (Å²) in [6.45, 7) is 7.68. The summed E-state index contributed by atoms with van der Waals surface area (Å²) in [6.07, 6.45) is 3.61. The zero-order valence-corrected chi connectivity index (χ0v) is 15.9. The summed E-state index contributed by atoms with van der Waals surface area (Å²) >= 11 is 0. The monoisotopic (exact) mass is 352 g/mol. The molecule has 1 amide bonds. The van der Waals surface area contributed by atoms with Gasteiger partial charge in [0, 0.05) is 56.9 Å². The maximum absolute atomic E-state index is 13.1. The van der Waals surface area contributed by atoms with Gasteiger partial charge < -0.3 is 15.1 Å². The third-order valence-electron chi connectivity index (χ3n) is 4.77. The van der Waals surface area contributed by atoms with Crippen LogP contribution in [-0.2, 0) is 0 Å². The second-order valence-electron chi connectivity index (χ2n) is 7.33. The van der Waals surface area contributed by atoms with Crippen LogP contribution >= 0.6 is 0 Å². The highest BCUT2D eigenvalue weighted by molar-refractivity contribution is 5.95. The molecule has 5 heteroatoms. The molecule has 1 aromatic heterocycles. The van der Waals surface area contributed by atoms with Crippen LogP contribution < -0.4 is 10.2 Å². The molecule has 1 aliphatic rings. The van der Waals surface area contributed by atoms with Crippen molar-refractivity contribution >= 4 is 11.6 Å². The number of piperazine rings is 1. The first kappa shape index (κ1) is 18.4. The third kappa shape index (κ3) is 4.22. The molecule has 5 nitrogen and oxygen atoms in total. The fraction of sp³-hybridized carbons (Fsp3) is 0.429. The minimum atomic E-state index is 0.0215. The number of amides is 1. The predicted octanol–water partition coefficient (Wildman–Crippen LogP) is 2.96. The Bertz CT molecular complexity index is 715. The highest BCUT2D eigenvalue weighted by atomic mass is 16.2. The molecule has 1 fully saturated rings. The maximum Gasteiger partial charge on any atom is 0.254 e. The van der Waals surface area contributed by atoms with Gasteiger partial charge in [-0.1, -0.05) is 19.9 Å². The summed E-state index contributed by atoms with van der Waals surface area (Å²) < 4.78 is 0. The minimum Gasteiger partial charge on any atom is -0.374 e. The van der Waals surface area contributed by atoms with E-state index in [1.807, 2.05) is 47.5 Å². The van der Waals surface area contributed by atoms with Crippen LogP contribution in [0.3, 0.4) is 0 Å². The van der Waals surface area contributed by atoms with Crippen LogP contribution in [0.15, 0.2) is 48.8 Å². The van der Waals surface area contributed by atoms with Crippen molar-refractivity contribution in [3.8, 4) is 0 Å². The molecule has 1 atom stereocenters. The van der Waals surface area contributed by atoms with E-state index in [9.17, 15) is 4.79 Å². The van der Waals surface area contributed by atoms with Gasteiger partial charge in [0.1, 0.15) is 0 Å². The van der Waals surface area contributed by atoms with Crippen LogP contribution in [-0.4, -0.2) is 49.0 Å². The molecule has 0 spiro atoms. The molecular weight excluding hydrogens is 324 g/mol. The van der Waals surface area contributed by atoms with Gasteiger partial charge in [0.2, 0.25) is 0 Å². The lowest BCUT2D eigenvalue weighted by Gasteiger charge is -2.36. The molecule has 1 unspecified atom stereocenters. The van der Waals surface area contributed by atoms with Gasteiger partial charge in [0.05, 0.1) is 6.04 Å². The van der Waals surface area contributed by atoms with Crippen molar-refractivity contribution < 1.29 is 4.79 Å². The quantitative estimate of drug-likeness (QED) is 0.899. The number of nitrogens with zero attached hydrogens (tertiary/aromatic N) is 3. The normalized spacial score (nSPS) is 17.4. The highest BCUT2D eigenvalue weighted by Gasteiger charge is 2.28. The van der Waals surface area contributed by atoms with Crippen molar-refractivity contribution in [2.75, 3.05) is 38.1 Å². The largest absolute Gasteiger partial charge is 0.374 e. The van der Waals surface area contributed by atoms with Crippen molar-refractivity contribution in [2.45, 2.75) is 19.9 Å². The molecule has 26 heavy (non-hydrogen) atoms. The number of pyridine rings is 1. The average Bonchev–Trinajstić information content (AvgIpc) is 2.68. The van der Waals surface area contributed by atoms with Crippen LogP contribution in [0.4, 0.5) is 5.69 Å². The molecule has 1 aromatic carbocycles. The Morgan fingerprint density at radius 1 is 1.31 bits per heavy atom. The first-order chi connectivity index (χ1) is 12.6. The maximum atomic E-state index is 13.1. The van der Waals surface area contributed by atoms with Crippen LogP contribution in [0, 0.1) is 5.92 Å². The van der Waals surface area contributed by atoms with E-state index in [-0.39, 0.29) is 11.9 Å². The summed E-state index contributed by atoms with van der Waals surface area (Å²) in [5.41, 5.74) is 2.95. The lowest BCUT2D eigenvalue weighted by Crippen LogP contribution is -2.48. The molecule has 0 saturated carbocycles. The Balaban J connectivity index is 1.76. The van der Waals surface area contributed by atoms with Gasteiger partial charge in [-0.15, -0.1) is 0 Å².